The van der Waals surface area contributed by atoms with E-state index < -0.39 is 0 Å². The van der Waals surface area contributed by atoms with Gasteiger partial charge in [0, 0.05) is 35.5 Å². The predicted octanol–water partition coefficient (Wildman–Crippen LogP) is 3.26. The van der Waals surface area contributed by atoms with E-state index >= 15 is 0 Å². The van der Waals surface area contributed by atoms with E-state index in [2.05, 4.69) is 36.7 Å². The van der Waals surface area contributed by atoms with E-state index in [0.717, 1.165) is 12.1 Å². The zero-order valence-corrected chi connectivity index (χ0v) is 17.2. The van der Waals surface area contributed by atoms with Crippen LogP contribution in [0.3, 0.4) is 0 Å². The molecule has 148 valence electrons. The average Bonchev–Trinajstić information content (AvgIpc) is 2.59. The quantitative estimate of drug-likeness (QED) is 0.685. The van der Waals surface area contributed by atoms with E-state index in [4.69, 9.17) is 0 Å². The van der Waals surface area contributed by atoms with Gasteiger partial charge in [0.15, 0.2) is 0 Å². The maximum Gasteiger partial charge on any atom is 0.255 e. The predicted molar refractivity (Wildman–Crippen MR) is 108 cm³/mol. The van der Waals surface area contributed by atoms with Crippen molar-refractivity contribution in [3.05, 3.63) is 46.7 Å². The Hall–Kier alpha value is -2.63. The van der Waals surface area contributed by atoms with Crippen LogP contribution < -0.4 is 16.0 Å². The largest absolute Gasteiger partial charge is 0.352 e. The summed E-state index contributed by atoms with van der Waals surface area (Å²) < 4.78 is 0. The molecule has 0 radical (unpaired) electrons. The normalized spacial score (nSPS) is 11.7. The number of carbonyl (C=O) groups is 3. The Balaban J connectivity index is 3.14. The molecule has 0 bridgehead atoms. The van der Waals surface area contributed by atoms with Crippen LogP contribution in [0.25, 0.3) is 0 Å². The van der Waals surface area contributed by atoms with Crippen molar-refractivity contribution in [2.24, 2.45) is 5.41 Å². The molecule has 0 aliphatic heterocycles. The lowest BCUT2D eigenvalue weighted by molar-refractivity contribution is 0.0955. The van der Waals surface area contributed by atoms with E-state index in [-0.39, 0.29) is 39.8 Å². The van der Waals surface area contributed by atoms with E-state index in [9.17, 15) is 14.4 Å². The summed E-state index contributed by atoms with van der Waals surface area (Å²) in [7, 11) is 0. The lowest BCUT2D eigenvalue weighted by atomic mass is 9.92. The van der Waals surface area contributed by atoms with Crippen molar-refractivity contribution in [3.63, 3.8) is 0 Å². The standard InChI is InChI=1S/C21H31N3O3/c1-7-22-18(25)15-11-16(19(26)23-8-2)13-17(12-15)20(27)24-14(3)9-10-21(4,5)6/h9,11-13H,7-8,10H2,1-6H3,(H,22,25)(H,23,26)(H,24,27)/b14-9+. The Morgan fingerprint density at radius 3 is 1.63 bits per heavy atom. The van der Waals surface area contributed by atoms with Crippen LogP contribution in [-0.4, -0.2) is 30.8 Å². The highest BCUT2D eigenvalue weighted by Crippen LogP contribution is 2.19. The van der Waals surface area contributed by atoms with Crippen LogP contribution in [0.5, 0.6) is 0 Å². The van der Waals surface area contributed by atoms with Crippen LogP contribution in [0.2, 0.25) is 0 Å². The summed E-state index contributed by atoms with van der Waals surface area (Å²) in [6.07, 6.45) is 2.79. The number of benzene rings is 1. The third-order valence-electron chi connectivity index (χ3n) is 3.73. The van der Waals surface area contributed by atoms with Crippen LogP contribution in [0, 0.1) is 5.41 Å². The highest BCUT2D eigenvalue weighted by atomic mass is 16.2. The zero-order valence-electron chi connectivity index (χ0n) is 17.2. The Bertz CT molecular complexity index is 694. The molecule has 6 heteroatoms. The lowest BCUT2D eigenvalue weighted by Gasteiger charge is -2.16. The summed E-state index contributed by atoms with van der Waals surface area (Å²) in [4.78, 5) is 37.0. The van der Waals surface area contributed by atoms with Crippen molar-refractivity contribution < 1.29 is 14.4 Å². The van der Waals surface area contributed by atoms with Gasteiger partial charge in [0.25, 0.3) is 17.7 Å². The van der Waals surface area contributed by atoms with Gasteiger partial charge in [-0.3, -0.25) is 14.4 Å². The summed E-state index contributed by atoms with van der Waals surface area (Å²) in [5.41, 5.74) is 1.68. The molecule has 0 aliphatic rings. The molecule has 0 unspecified atom stereocenters. The van der Waals surface area contributed by atoms with Crippen molar-refractivity contribution in [2.45, 2.75) is 48.0 Å². The number of hydrogen-bond acceptors (Lipinski definition) is 3. The number of hydrogen-bond donors (Lipinski definition) is 3. The minimum atomic E-state index is -0.352. The fourth-order valence-corrected chi connectivity index (χ4v) is 2.31. The molecule has 0 saturated carbocycles. The summed E-state index contributed by atoms with van der Waals surface area (Å²) >= 11 is 0. The van der Waals surface area contributed by atoms with Crippen molar-refractivity contribution in [1.29, 1.82) is 0 Å². The number of carbonyl (C=O) groups excluding carboxylic acids is 3. The molecule has 27 heavy (non-hydrogen) atoms. The zero-order chi connectivity index (χ0) is 20.6. The lowest BCUT2D eigenvalue weighted by Crippen LogP contribution is -2.27. The minimum absolute atomic E-state index is 0.121. The molecule has 0 spiro atoms. The van der Waals surface area contributed by atoms with Gasteiger partial charge in [-0.1, -0.05) is 26.8 Å². The number of rotatable bonds is 7. The van der Waals surface area contributed by atoms with Crippen LogP contribution in [-0.2, 0) is 0 Å². The number of allylic oxidation sites excluding steroid dienone is 2. The van der Waals surface area contributed by atoms with Gasteiger partial charge in [0.2, 0.25) is 0 Å². The third kappa shape index (κ3) is 7.64. The van der Waals surface area contributed by atoms with E-state index in [1.165, 1.54) is 18.2 Å². The van der Waals surface area contributed by atoms with E-state index in [0.29, 0.717) is 13.1 Å². The van der Waals surface area contributed by atoms with Crippen LogP contribution in [0.4, 0.5) is 0 Å². The van der Waals surface area contributed by atoms with Crippen molar-refractivity contribution in [3.8, 4) is 0 Å². The molecule has 0 fully saturated rings. The summed E-state index contributed by atoms with van der Waals surface area (Å²) in [5, 5.41) is 8.20. The van der Waals surface area contributed by atoms with Gasteiger partial charge >= 0.3 is 0 Å². The van der Waals surface area contributed by atoms with Gasteiger partial charge in [-0.15, -0.1) is 0 Å². The molecule has 1 aromatic rings. The van der Waals surface area contributed by atoms with Crippen molar-refractivity contribution in [1.82, 2.24) is 16.0 Å². The Morgan fingerprint density at radius 1 is 0.852 bits per heavy atom. The third-order valence-corrected chi connectivity index (χ3v) is 3.73. The first kappa shape index (κ1) is 22.4. The topological polar surface area (TPSA) is 87.3 Å². The summed E-state index contributed by atoms with van der Waals surface area (Å²) in [6.45, 7) is 12.7. The number of nitrogens with one attached hydrogen (secondary N) is 3. The van der Waals surface area contributed by atoms with Crippen LogP contribution in [0.1, 0.15) is 79.0 Å². The molecular formula is C21H31N3O3. The summed E-state index contributed by atoms with van der Waals surface area (Å²) in [6, 6.07) is 4.50. The Kier molecular flexibility index (Phi) is 8.22. The van der Waals surface area contributed by atoms with Gasteiger partial charge in [0.05, 0.1) is 0 Å². The average molecular weight is 373 g/mol. The maximum absolute atomic E-state index is 12.6. The van der Waals surface area contributed by atoms with Gasteiger partial charge < -0.3 is 16.0 Å². The van der Waals surface area contributed by atoms with Crippen LogP contribution in [0.15, 0.2) is 30.0 Å². The van der Waals surface area contributed by atoms with Crippen molar-refractivity contribution >= 4 is 17.7 Å². The maximum atomic E-state index is 12.6. The molecule has 0 atom stereocenters. The SMILES string of the molecule is CCNC(=O)c1cc(C(=O)NCC)cc(C(=O)N/C(C)=C/CC(C)(C)C)c1. The second kappa shape index (κ2) is 9.90. The fourth-order valence-electron chi connectivity index (χ4n) is 2.31. The van der Waals surface area contributed by atoms with Gasteiger partial charge in [-0.2, -0.15) is 0 Å². The van der Waals surface area contributed by atoms with Gasteiger partial charge in [-0.25, -0.2) is 0 Å². The van der Waals surface area contributed by atoms with E-state index in [1.54, 1.807) is 0 Å². The van der Waals surface area contributed by atoms with Crippen molar-refractivity contribution in [2.75, 3.05) is 13.1 Å². The molecule has 1 aromatic carbocycles. The Labute approximate surface area is 161 Å². The van der Waals surface area contributed by atoms with E-state index in [1.807, 2.05) is 26.8 Å². The first-order chi connectivity index (χ1) is 12.6. The molecule has 1 rings (SSSR count). The molecular weight excluding hydrogens is 342 g/mol. The molecule has 3 N–H and O–H groups in total. The minimum Gasteiger partial charge on any atom is -0.352 e. The molecule has 0 aliphatic carbocycles. The Morgan fingerprint density at radius 2 is 1.26 bits per heavy atom. The smallest absolute Gasteiger partial charge is 0.255 e. The summed E-state index contributed by atoms with van der Waals surface area (Å²) in [5.74, 6) is -0.996. The molecule has 0 saturated heterocycles. The highest BCUT2D eigenvalue weighted by Gasteiger charge is 2.16. The number of amides is 3. The fraction of sp³-hybridized carbons (Fsp3) is 0.476. The monoisotopic (exact) mass is 373 g/mol. The second-order valence-electron chi connectivity index (χ2n) is 7.62. The van der Waals surface area contributed by atoms with Crippen LogP contribution >= 0.6 is 0 Å². The highest BCUT2D eigenvalue weighted by molar-refractivity contribution is 6.04. The van der Waals surface area contributed by atoms with Gasteiger partial charge in [-0.05, 0) is 50.8 Å². The molecule has 0 aromatic heterocycles. The molecule has 3 amide bonds. The second-order valence-corrected chi connectivity index (χ2v) is 7.62. The first-order valence-corrected chi connectivity index (χ1v) is 9.27. The van der Waals surface area contributed by atoms with Gasteiger partial charge in [0.1, 0.15) is 0 Å². The first-order valence-electron chi connectivity index (χ1n) is 9.27. The molecule has 0 heterocycles. The molecule has 6 nitrogen and oxygen atoms in total.